The van der Waals surface area contributed by atoms with Crippen molar-refractivity contribution in [2.24, 2.45) is 0 Å². The minimum Gasteiger partial charge on any atom is -0.322 e. The van der Waals surface area contributed by atoms with Crippen LogP contribution in [0.1, 0.15) is 26.3 Å². The Morgan fingerprint density at radius 2 is 1.36 bits per heavy atom. The van der Waals surface area contributed by atoms with Crippen LogP contribution in [0.15, 0.2) is 91.0 Å². The third kappa shape index (κ3) is 4.52. The van der Waals surface area contributed by atoms with Crippen molar-refractivity contribution in [1.82, 2.24) is 0 Å². The molecule has 1 amide bonds. The average molecular weight is 327 g/mol. The summed E-state index contributed by atoms with van der Waals surface area (Å²) >= 11 is 0. The van der Waals surface area contributed by atoms with Gasteiger partial charge in [-0.1, -0.05) is 66.7 Å². The summed E-state index contributed by atoms with van der Waals surface area (Å²) in [6, 6.07) is 25.5. The number of amides is 1. The fourth-order valence-corrected chi connectivity index (χ4v) is 2.38. The summed E-state index contributed by atoms with van der Waals surface area (Å²) in [6.45, 7) is 0. The molecule has 0 bridgehead atoms. The van der Waals surface area contributed by atoms with Gasteiger partial charge >= 0.3 is 0 Å². The summed E-state index contributed by atoms with van der Waals surface area (Å²) in [5.41, 5.74) is 2.77. The number of anilines is 1. The summed E-state index contributed by atoms with van der Waals surface area (Å²) in [5.74, 6) is -0.221. The monoisotopic (exact) mass is 327 g/mol. The summed E-state index contributed by atoms with van der Waals surface area (Å²) in [4.78, 5) is 24.3. The molecule has 3 heteroatoms. The molecule has 0 aromatic heterocycles. The minimum absolute atomic E-state index is 0.0562. The molecule has 3 rings (SSSR count). The van der Waals surface area contributed by atoms with Crippen molar-refractivity contribution in [2.75, 3.05) is 5.32 Å². The lowest BCUT2D eigenvalue weighted by atomic mass is 10.1. The maximum absolute atomic E-state index is 12.2. The summed E-state index contributed by atoms with van der Waals surface area (Å²) in [6.07, 6.45) is 3.28. The van der Waals surface area contributed by atoms with E-state index in [0.717, 1.165) is 5.56 Å². The summed E-state index contributed by atoms with van der Waals surface area (Å²) in [5, 5.41) is 2.86. The molecule has 0 aliphatic rings. The SMILES string of the molecule is O=C(/C=C/c1cccc(NC(=O)c2ccccc2)c1)c1ccccc1. The van der Waals surface area contributed by atoms with Crippen LogP contribution in [0, 0.1) is 0 Å². The molecular formula is C22H17NO2. The Hall–Kier alpha value is -3.46. The quantitative estimate of drug-likeness (QED) is 0.538. The van der Waals surface area contributed by atoms with Gasteiger partial charge in [-0.05, 0) is 35.9 Å². The van der Waals surface area contributed by atoms with Gasteiger partial charge in [0.15, 0.2) is 5.78 Å². The average Bonchev–Trinajstić information content (AvgIpc) is 2.68. The third-order valence-corrected chi connectivity index (χ3v) is 3.67. The minimum atomic E-state index is -0.165. The Bertz CT molecular complexity index is 900. The van der Waals surface area contributed by atoms with E-state index in [1.807, 2.05) is 60.7 Å². The van der Waals surface area contributed by atoms with E-state index in [2.05, 4.69) is 5.32 Å². The van der Waals surface area contributed by atoms with Crippen LogP contribution >= 0.6 is 0 Å². The molecule has 1 N–H and O–H groups in total. The second-order valence-electron chi connectivity index (χ2n) is 5.51. The van der Waals surface area contributed by atoms with Crippen molar-refractivity contribution >= 4 is 23.5 Å². The number of carbonyl (C=O) groups excluding carboxylic acids is 2. The first-order valence-corrected chi connectivity index (χ1v) is 7.96. The van der Waals surface area contributed by atoms with E-state index >= 15 is 0 Å². The predicted octanol–water partition coefficient (Wildman–Crippen LogP) is 4.84. The highest BCUT2D eigenvalue weighted by atomic mass is 16.1. The molecule has 0 aliphatic heterocycles. The molecular weight excluding hydrogens is 310 g/mol. The van der Waals surface area contributed by atoms with E-state index in [4.69, 9.17) is 0 Å². The Labute approximate surface area is 146 Å². The van der Waals surface area contributed by atoms with E-state index in [0.29, 0.717) is 16.8 Å². The zero-order chi connectivity index (χ0) is 17.5. The molecule has 0 saturated carbocycles. The number of rotatable bonds is 5. The standard InChI is InChI=1S/C22H17NO2/c24-21(18-9-3-1-4-10-18)15-14-17-8-7-13-20(16-17)23-22(25)19-11-5-2-6-12-19/h1-16H,(H,23,25)/b15-14+. The van der Waals surface area contributed by atoms with Gasteiger partial charge in [-0.3, -0.25) is 9.59 Å². The van der Waals surface area contributed by atoms with Crippen molar-refractivity contribution in [2.45, 2.75) is 0 Å². The fraction of sp³-hybridized carbons (Fsp3) is 0. The summed E-state index contributed by atoms with van der Waals surface area (Å²) in [7, 11) is 0. The van der Waals surface area contributed by atoms with Crippen molar-refractivity contribution < 1.29 is 9.59 Å². The summed E-state index contributed by atoms with van der Waals surface area (Å²) < 4.78 is 0. The van der Waals surface area contributed by atoms with Gasteiger partial charge in [0.25, 0.3) is 5.91 Å². The second kappa shape index (κ2) is 7.88. The van der Waals surface area contributed by atoms with Gasteiger partial charge in [0, 0.05) is 16.8 Å². The lowest BCUT2D eigenvalue weighted by molar-refractivity contribution is 0.102. The van der Waals surface area contributed by atoms with E-state index in [9.17, 15) is 9.59 Å². The Kier molecular flexibility index (Phi) is 5.17. The number of hydrogen-bond acceptors (Lipinski definition) is 2. The molecule has 3 aromatic carbocycles. The maximum atomic E-state index is 12.2. The van der Waals surface area contributed by atoms with Gasteiger partial charge in [-0.25, -0.2) is 0 Å². The van der Waals surface area contributed by atoms with Gasteiger partial charge in [0.2, 0.25) is 0 Å². The van der Waals surface area contributed by atoms with Crippen molar-refractivity contribution in [3.8, 4) is 0 Å². The highest BCUT2D eigenvalue weighted by Crippen LogP contribution is 2.14. The van der Waals surface area contributed by atoms with Gasteiger partial charge < -0.3 is 5.32 Å². The van der Waals surface area contributed by atoms with Crippen LogP contribution in [0.2, 0.25) is 0 Å². The largest absolute Gasteiger partial charge is 0.322 e. The van der Waals surface area contributed by atoms with Crippen LogP contribution < -0.4 is 5.32 Å². The zero-order valence-corrected chi connectivity index (χ0v) is 13.6. The lowest BCUT2D eigenvalue weighted by Gasteiger charge is -2.06. The molecule has 0 aliphatic carbocycles. The predicted molar refractivity (Wildman–Crippen MR) is 101 cm³/mol. The van der Waals surface area contributed by atoms with Crippen LogP contribution in [0.25, 0.3) is 6.08 Å². The number of ketones is 1. The van der Waals surface area contributed by atoms with Crippen molar-refractivity contribution in [3.63, 3.8) is 0 Å². The van der Waals surface area contributed by atoms with Crippen molar-refractivity contribution in [1.29, 1.82) is 0 Å². The molecule has 0 unspecified atom stereocenters. The number of hydrogen-bond donors (Lipinski definition) is 1. The smallest absolute Gasteiger partial charge is 0.255 e. The topological polar surface area (TPSA) is 46.2 Å². The van der Waals surface area contributed by atoms with E-state index in [1.54, 1.807) is 30.3 Å². The first-order valence-electron chi connectivity index (χ1n) is 7.96. The Balaban J connectivity index is 1.70. The molecule has 0 atom stereocenters. The normalized spacial score (nSPS) is 10.6. The number of carbonyl (C=O) groups is 2. The molecule has 122 valence electrons. The van der Waals surface area contributed by atoms with Gasteiger partial charge in [0.05, 0.1) is 0 Å². The van der Waals surface area contributed by atoms with Crippen LogP contribution in [-0.2, 0) is 0 Å². The molecule has 0 fully saturated rings. The number of benzene rings is 3. The molecule has 0 radical (unpaired) electrons. The molecule has 0 spiro atoms. The highest BCUT2D eigenvalue weighted by Gasteiger charge is 2.05. The van der Waals surface area contributed by atoms with Crippen LogP contribution in [0.4, 0.5) is 5.69 Å². The van der Waals surface area contributed by atoms with Gasteiger partial charge in [0.1, 0.15) is 0 Å². The molecule has 3 aromatic rings. The third-order valence-electron chi connectivity index (χ3n) is 3.67. The number of allylic oxidation sites excluding steroid dienone is 1. The number of nitrogens with one attached hydrogen (secondary N) is 1. The van der Waals surface area contributed by atoms with Gasteiger partial charge in [-0.15, -0.1) is 0 Å². The first-order chi connectivity index (χ1) is 12.2. The maximum Gasteiger partial charge on any atom is 0.255 e. The Morgan fingerprint density at radius 1 is 0.720 bits per heavy atom. The second-order valence-corrected chi connectivity index (χ2v) is 5.51. The Morgan fingerprint density at radius 3 is 2.04 bits per heavy atom. The van der Waals surface area contributed by atoms with E-state index in [-0.39, 0.29) is 11.7 Å². The van der Waals surface area contributed by atoms with Crippen LogP contribution in [0.5, 0.6) is 0 Å². The zero-order valence-electron chi connectivity index (χ0n) is 13.6. The molecule has 0 heterocycles. The van der Waals surface area contributed by atoms with Crippen LogP contribution in [0.3, 0.4) is 0 Å². The van der Waals surface area contributed by atoms with E-state index in [1.165, 1.54) is 6.08 Å². The highest BCUT2D eigenvalue weighted by molar-refractivity contribution is 6.07. The van der Waals surface area contributed by atoms with E-state index < -0.39 is 0 Å². The molecule has 25 heavy (non-hydrogen) atoms. The fourth-order valence-electron chi connectivity index (χ4n) is 2.38. The lowest BCUT2D eigenvalue weighted by Crippen LogP contribution is -2.11. The van der Waals surface area contributed by atoms with Gasteiger partial charge in [-0.2, -0.15) is 0 Å². The van der Waals surface area contributed by atoms with Crippen LogP contribution in [-0.4, -0.2) is 11.7 Å². The van der Waals surface area contributed by atoms with Crippen molar-refractivity contribution in [3.05, 3.63) is 108 Å². The molecule has 3 nitrogen and oxygen atoms in total. The molecule has 0 saturated heterocycles. The first kappa shape index (κ1) is 16.4.